The van der Waals surface area contributed by atoms with Crippen LogP contribution >= 0.6 is 0 Å². The molecule has 1 fully saturated rings. The van der Waals surface area contributed by atoms with E-state index in [0.717, 1.165) is 30.6 Å². The summed E-state index contributed by atoms with van der Waals surface area (Å²) < 4.78 is 6.00. The van der Waals surface area contributed by atoms with Gasteiger partial charge in [0.2, 0.25) is 5.89 Å². The number of amides is 1. The van der Waals surface area contributed by atoms with Crippen molar-refractivity contribution in [3.05, 3.63) is 66.4 Å². The van der Waals surface area contributed by atoms with Crippen molar-refractivity contribution in [1.29, 1.82) is 0 Å². The van der Waals surface area contributed by atoms with E-state index in [-0.39, 0.29) is 5.91 Å². The minimum absolute atomic E-state index is 0.0683. The Morgan fingerprint density at radius 2 is 1.85 bits per heavy atom. The number of benzene rings is 2. The summed E-state index contributed by atoms with van der Waals surface area (Å²) in [4.78, 5) is 19.7. The first-order valence-corrected chi connectivity index (χ1v) is 9.66. The van der Waals surface area contributed by atoms with Crippen molar-refractivity contribution < 1.29 is 9.21 Å². The van der Waals surface area contributed by atoms with Crippen molar-refractivity contribution in [2.45, 2.75) is 26.2 Å². The summed E-state index contributed by atoms with van der Waals surface area (Å²) >= 11 is 0. The van der Waals surface area contributed by atoms with Crippen molar-refractivity contribution in [2.75, 3.05) is 13.1 Å². The highest BCUT2D eigenvalue weighted by atomic mass is 16.4. The van der Waals surface area contributed by atoms with Crippen LogP contribution in [0.3, 0.4) is 0 Å². The van der Waals surface area contributed by atoms with Gasteiger partial charge in [0.05, 0.1) is 11.8 Å². The zero-order chi connectivity index (χ0) is 18.6. The summed E-state index contributed by atoms with van der Waals surface area (Å²) in [6.07, 6.45) is 5.14. The molecule has 1 amide bonds. The van der Waals surface area contributed by atoms with Gasteiger partial charge in [0, 0.05) is 24.2 Å². The zero-order valence-corrected chi connectivity index (χ0v) is 15.6. The Hall–Kier alpha value is -2.88. The topological polar surface area (TPSA) is 46.3 Å². The largest absolute Gasteiger partial charge is 0.436 e. The van der Waals surface area contributed by atoms with Gasteiger partial charge >= 0.3 is 0 Å². The van der Waals surface area contributed by atoms with Crippen LogP contribution in [-0.4, -0.2) is 28.9 Å². The predicted octanol–water partition coefficient (Wildman–Crippen LogP) is 5.27. The van der Waals surface area contributed by atoms with Gasteiger partial charge in [-0.1, -0.05) is 49.4 Å². The number of hydrogen-bond acceptors (Lipinski definition) is 3. The fourth-order valence-corrected chi connectivity index (χ4v) is 3.32. The Morgan fingerprint density at radius 1 is 1.11 bits per heavy atom. The van der Waals surface area contributed by atoms with Crippen molar-refractivity contribution in [3.8, 4) is 22.8 Å². The van der Waals surface area contributed by atoms with E-state index in [1.54, 1.807) is 6.20 Å². The summed E-state index contributed by atoms with van der Waals surface area (Å²) in [5.41, 5.74) is 2.39. The average molecular weight is 360 g/mol. The molecule has 3 aromatic rings. The lowest BCUT2D eigenvalue weighted by molar-refractivity contribution is 0.0748. The molecular weight excluding hydrogens is 336 g/mol. The van der Waals surface area contributed by atoms with Crippen LogP contribution in [0, 0.1) is 5.92 Å². The summed E-state index contributed by atoms with van der Waals surface area (Å²) in [7, 11) is 0. The molecule has 1 aliphatic carbocycles. The molecule has 0 spiro atoms. The molecule has 1 aliphatic rings. The lowest BCUT2D eigenvalue weighted by Gasteiger charge is -2.23. The zero-order valence-electron chi connectivity index (χ0n) is 15.6. The number of oxazole rings is 1. The molecule has 2 aromatic carbocycles. The van der Waals surface area contributed by atoms with E-state index in [1.165, 1.54) is 12.8 Å². The lowest BCUT2D eigenvalue weighted by Crippen LogP contribution is -2.34. The second kappa shape index (κ2) is 7.78. The second-order valence-electron chi connectivity index (χ2n) is 7.14. The van der Waals surface area contributed by atoms with Gasteiger partial charge in [0.15, 0.2) is 5.76 Å². The first-order chi connectivity index (χ1) is 13.3. The summed E-state index contributed by atoms with van der Waals surface area (Å²) in [5, 5.41) is 0. The molecule has 0 aliphatic heterocycles. The highest BCUT2D eigenvalue weighted by Crippen LogP contribution is 2.32. The van der Waals surface area contributed by atoms with E-state index in [0.29, 0.717) is 23.1 Å². The fourth-order valence-electron chi connectivity index (χ4n) is 3.32. The monoisotopic (exact) mass is 360 g/mol. The van der Waals surface area contributed by atoms with E-state index in [4.69, 9.17) is 4.42 Å². The molecule has 1 aromatic heterocycles. The standard InChI is InChI=1S/C23H24N2O2/c1-2-14-25(16-17-12-13-17)23(26)20-11-7-6-10-19(20)22-24-15-21(27-22)18-8-4-3-5-9-18/h3-11,15,17H,2,12-14,16H2,1H3. The van der Waals surface area contributed by atoms with E-state index in [9.17, 15) is 4.79 Å². The number of nitrogens with zero attached hydrogens (tertiary/aromatic N) is 2. The number of rotatable bonds is 7. The van der Waals surface area contributed by atoms with Crippen LogP contribution in [0.5, 0.6) is 0 Å². The molecule has 0 N–H and O–H groups in total. The van der Waals surface area contributed by atoms with Crippen LogP contribution in [0.1, 0.15) is 36.5 Å². The molecular formula is C23H24N2O2. The number of carbonyl (C=O) groups is 1. The quantitative estimate of drug-likeness (QED) is 0.576. The van der Waals surface area contributed by atoms with E-state index in [2.05, 4.69) is 11.9 Å². The van der Waals surface area contributed by atoms with Gasteiger partial charge in [-0.3, -0.25) is 4.79 Å². The molecule has 4 nitrogen and oxygen atoms in total. The third kappa shape index (κ3) is 3.95. The Morgan fingerprint density at radius 3 is 2.59 bits per heavy atom. The summed E-state index contributed by atoms with van der Waals surface area (Å²) in [5.74, 6) is 1.93. The second-order valence-corrected chi connectivity index (χ2v) is 7.14. The maximum atomic E-state index is 13.2. The minimum atomic E-state index is 0.0683. The Labute approximate surface area is 159 Å². The molecule has 27 heavy (non-hydrogen) atoms. The molecule has 1 saturated carbocycles. The van der Waals surface area contributed by atoms with Crippen LogP contribution in [-0.2, 0) is 0 Å². The number of aromatic nitrogens is 1. The Bertz CT molecular complexity index is 913. The van der Waals surface area contributed by atoms with Gasteiger partial charge in [0.1, 0.15) is 0 Å². The molecule has 4 heteroatoms. The van der Waals surface area contributed by atoms with Crippen molar-refractivity contribution in [3.63, 3.8) is 0 Å². The fraction of sp³-hybridized carbons (Fsp3) is 0.304. The number of hydrogen-bond donors (Lipinski definition) is 0. The maximum absolute atomic E-state index is 13.2. The smallest absolute Gasteiger partial charge is 0.254 e. The van der Waals surface area contributed by atoms with Gasteiger partial charge in [-0.05, 0) is 37.3 Å². The van der Waals surface area contributed by atoms with Crippen molar-refractivity contribution in [1.82, 2.24) is 9.88 Å². The van der Waals surface area contributed by atoms with Gasteiger partial charge in [-0.25, -0.2) is 4.98 Å². The molecule has 0 radical (unpaired) electrons. The molecule has 0 bridgehead atoms. The van der Waals surface area contributed by atoms with E-state index < -0.39 is 0 Å². The highest BCUT2D eigenvalue weighted by molar-refractivity contribution is 6.00. The molecule has 0 unspecified atom stereocenters. The molecule has 0 atom stereocenters. The van der Waals surface area contributed by atoms with Gasteiger partial charge in [0.25, 0.3) is 5.91 Å². The van der Waals surface area contributed by atoms with Gasteiger partial charge in [-0.2, -0.15) is 0 Å². The van der Waals surface area contributed by atoms with Crippen molar-refractivity contribution >= 4 is 5.91 Å². The lowest BCUT2D eigenvalue weighted by atomic mass is 10.1. The first kappa shape index (κ1) is 17.5. The van der Waals surface area contributed by atoms with Crippen molar-refractivity contribution in [2.24, 2.45) is 5.92 Å². The van der Waals surface area contributed by atoms with Crippen LogP contribution < -0.4 is 0 Å². The predicted molar refractivity (Wildman–Crippen MR) is 106 cm³/mol. The average Bonchev–Trinajstić information content (AvgIpc) is 3.40. The third-order valence-electron chi connectivity index (χ3n) is 4.91. The summed E-state index contributed by atoms with van der Waals surface area (Å²) in [6.45, 7) is 3.74. The maximum Gasteiger partial charge on any atom is 0.254 e. The summed E-state index contributed by atoms with van der Waals surface area (Å²) in [6, 6.07) is 17.5. The van der Waals surface area contributed by atoms with Crippen LogP contribution in [0.2, 0.25) is 0 Å². The Balaban J connectivity index is 1.65. The van der Waals surface area contributed by atoms with E-state index >= 15 is 0 Å². The Kier molecular flexibility index (Phi) is 5.05. The highest BCUT2D eigenvalue weighted by Gasteiger charge is 2.28. The molecule has 0 saturated heterocycles. The molecule has 1 heterocycles. The van der Waals surface area contributed by atoms with Crippen LogP contribution in [0.25, 0.3) is 22.8 Å². The minimum Gasteiger partial charge on any atom is -0.436 e. The normalized spacial score (nSPS) is 13.5. The van der Waals surface area contributed by atoms with Crippen LogP contribution in [0.4, 0.5) is 0 Å². The van der Waals surface area contributed by atoms with Gasteiger partial charge in [-0.15, -0.1) is 0 Å². The van der Waals surface area contributed by atoms with Crippen LogP contribution in [0.15, 0.2) is 65.2 Å². The third-order valence-corrected chi connectivity index (χ3v) is 4.91. The van der Waals surface area contributed by atoms with E-state index in [1.807, 2.05) is 59.5 Å². The molecule has 4 rings (SSSR count). The number of carbonyl (C=O) groups excluding carboxylic acids is 1. The first-order valence-electron chi connectivity index (χ1n) is 9.66. The SMILES string of the molecule is CCCN(CC1CC1)C(=O)c1ccccc1-c1ncc(-c2ccccc2)o1. The van der Waals surface area contributed by atoms with Gasteiger partial charge < -0.3 is 9.32 Å². The molecule has 138 valence electrons.